The zero-order valence-corrected chi connectivity index (χ0v) is 10.1. The maximum atomic E-state index is 8.71. The van der Waals surface area contributed by atoms with Crippen LogP contribution in [0.5, 0.6) is 0 Å². The Morgan fingerprint density at radius 3 is 2.78 bits per heavy atom. The first-order valence-corrected chi connectivity index (χ1v) is 6.21. The molecule has 5 heteroatoms. The summed E-state index contributed by atoms with van der Waals surface area (Å²) in [6.45, 7) is 2.68. The molecule has 18 heavy (non-hydrogen) atoms. The molecule has 0 aliphatic carbocycles. The van der Waals surface area contributed by atoms with Crippen LogP contribution in [0.3, 0.4) is 0 Å². The largest absolute Gasteiger partial charge is 0.411 e. The van der Waals surface area contributed by atoms with Crippen LogP contribution in [0.1, 0.15) is 18.7 Å². The molecule has 3 rings (SSSR count). The lowest BCUT2D eigenvalue weighted by Crippen LogP contribution is -2.33. The van der Waals surface area contributed by atoms with Crippen molar-refractivity contribution in [2.75, 3.05) is 13.1 Å². The lowest BCUT2D eigenvalue weighted by Gasteiger charge is -2.25. The van der Waals surface area contributed by atoms with Crippen LogP contribution in [-0.4, -0.2) is 38.9 Å². The number of likely N-dealkylation sites (tertiary alicyclic amines) is 1. The maximum absolute atomic E-state index is 8.71. The molecule has 2 aromatic rings. The highest BCUT2D eigenvalue weighted by Gasteiger charge is 2.16. The van der Waals surface area contributed by atoms with Gasteiger partial charge in [0.15, 0.2) is 0 Å². The van der Waals surface area contributed by atoms with E-state index in [1.807, 2.05) is 24.3 Å². The van der Waals surface area contributed by atoms with Gasteiger partial charge < -0.3 is 10.2 Å². The highest BCUT2D eigenvalue weighted by atomic mass is 16.4. The Bertz CT molecular complexity index is 532. The molecule has 0 atom stereocenters. The Kier molecular flexibility index (Phi) is 2.98. The smallest absolute Gasteiger partial charge is 0.121 e. The third kappa shape index (κ3) is 2.22. The average Bonchev–Trinajstić information content (AvgIpc) is 2.82. The molecule has 1 aliphatic heterocycles. The normalized spacial score (nSPS) is 17.2. The van der Waals surface area contributed by atoms with Crippen molar-refractivity contribution >= 4 is 16.7 Å². The zero-order chi connectivity index (χ0) is 12.4. The van der Waals surface area contributed by atoms with Gasteiger partial charge in [-0.15, -0.1) is 0 Å². The van der Waals surface area contributed by atoms with Gasteiger partial charge in [0.25, 0.3) is 0 Å². The van der Waals surface area contributed by atoms with Crippen LogP contribution >= 0.6 is 0 Å². The summed E-state index contributed by atoms with van der Waals surface area (Å²) in [7, 11) is 0. The van der Waals surface area contributed by atoms with E-state index in [-0.39, 0.29) is 0 Å². The van der Waals surface area contributed by atoms with Crippen molar-refractivity contribution in [2.45, 2.75) is 19.4 Å². The number of hydrogen-bond donors (Lipinski definition) is 2. The van der Waals surface area contributed by atoms with Crippen molar-refractivity contribution in [3.05, 3.63) is 30.1 Å². The summed E-state index contributed by atoms with van der Waals surface area (Å²) < 4.78 is 0. The Morgan fingerprint density at radius 2 is 2.06 bits per heavy atom. The number of nitrogens with one attached hydrogen (secondary N) is 1. The minimum atomic E-state index is 0.827. The molecule has 1 aliphatic rings. The van der Waals surface area contributed by atoms with Crippen molar-refractivity contribution in [1.82, 2.24) is 14.9 Å². The average molecular weight is 244 g/mol. The predicted octanol–water partition coefficient (Wildman–Crippen LogP) is 1.99. The number of aromatic nitrogens is 2. The molecular weight excluding hydrogens is 228 g/mol. The molecular formula is C13H16N4O. The molecule has 94 valence electrons. The van der Waals surface area contributed by atoms with E-state index < -0.39 is 0 Å². The van der Waals surface area contributed by atoms with Crippen LogP contribution in [0, 0.1) is 0 Å². The standard InChI is InChI=1S/C13H16N4O/c18-16-10-5-7-17(8-6-10)9-13-14-11-3-1-2-4-12(11)15-13/h1-4,18H,5-9H2,(H,14,15). The van der Waals surface area contributed by atoms with Gasteiger partial charge in [-0.25, -0.2) is 4.98 Å². The summed E-state index contributed by atoms with van der Waals surface area (Å²) in [6, 6.07) is 8.06. The molecule has 0 bridgehead atoms. The number of fused-ring (bicyclic) bond motifs is 1. The molecule has 0 spiro atoms. The maximum Gasteiger partial charge on any atom is 0.121 e. The van der Waals surface area contributed by atoms with Gasteiger partial charge >= 0.3 is 0 Å². The Labute approximate surface area is 105 Å². The van der Waals surface area contributed by atoms with Gasteiger partial charge in [0.1, 0.15) is 5.82 Å². The van der Waals surface area contributed by atoms with Gasteiger partial charge in [0.2, 0.25) is 0 Å². The van der Waals surface area contributed by atoms with E-state index in [4.69, 9.17) is 5.21 Å². The van der Waals surface area contributed by atoms with E-state index in [0.29, 0.717) is 0 Å². The van der Waals surface area contributed by atoms with Crippen molar-refractivity contribution in [3.63, 3.8) is 0 Å². The first kappa shape index (κ1) is 11.2. The summed E-state index contributed by atoms with van der Waals surface area (Å²) in [6.07, 6.45) is 1.69. The van der Waals surface area contributed by atoms with Crippen LogP contribution in [-0.2, 0) is 6.54 Å². The molecule has 5 nitrogen and oxygen atoms in total. The molecule has 0 amide bonds. The van der Waals surface area contributed by atoms with Crippen molar-refractivity contribution < 1.29 is 5.21 Å². The van der Waals surface area contributed by atoms with E-state index in [1.165, 1.54) is 0 Å². The number of nitrogens with zero attached hydrogens (tertiary/aromatic N) is 3. The van der Waals surface area contributed by atoms with E-state index in [9.17, 15) is 0 Å². The number of benzene rings is 1. The molecule has 2 N–H and O–H groups in total. The Hall–Kier alpha value is -1.88. The molecule has 0 unspecified atom stereocenters. The SMILES string of the molecule is ON=C1CCN(Cc2nc3ccccc3[nH]2)CC1. The predicted molar refractivity (Wildman–Crippen MR) is 69.8 cm³/mol. The first-order chi connectivity index (χ1) is 8.85. The minimum absolute atomic E-state index is 0.827. The van der Waals surface area contributed by atoms with Gasteiger partial charge in [0, 0.05) is 25.9 Å². The first-order valence-electron chi connectivity index (χ1n) is 6.21. The van der Waals surface area contributed by atoms with Gasteiger partial charge in [-0.3, -0.25) is 4.90 Å². The van der Waals surface area contributed by atoms with Crippen LogP contribution in [0.2, 0.25) is 0 Å². The van der Waals surface area contributed by atoms with Crippen LogP contribution < -0.4 is 0 Å². The number of aromatic amines is 1. The molecule has 1 aromatic heterocycles. The fourth-order valence-electron chi connectivity index (χ4n) is 2.36. The molecule has 1 saturated heterocycles. The van der Waals surface area contributed by atoms with Crippen LogP contribution in [0.4, 0.5) is 0 Å². The topological polar surface area (TPSA) is 64.5 Å². The number of rotatable bonds is 2. The summed E-state index contributed by atoms with van der Waals surface area (Å²) >= 11 is 0. The fourth-order valence-corrected chi connectivity index (χ4v) is 2.36. The minimum Gasteiger partial charge on any atom is -0.411 e. The Balaban J connectivity index is 1.69. The van der Waals surface area contributed by atoms with Gasteiger partial charge in [-0.05, 0) is 12.1 Å². The lowest BCUT2D eigenvalue weighted by atomic mass is 10.1. The second-order valence-electron chi connectivity index (χ2n) is 4.64. The third-order valence-electron chi connectivity index (χ3n) is 3.39. The summed E-state index contributed by atoms with van der Waals surface area (Å²) in [5.74, 6) is 1.00. The van der Waals surface area contributed by atoms with E-state index >= 15 is 0 Å². The number of para-hydroxylation sites is 2. The number of H-pyrrole nitrogens is 1. The van der Waals surface area contributed by atoms with Gasteiger partial charge in [-0.2, -0.15) is 0 Å². The van der Waals surface area contributed by atoms with Crippen molar-refractivity contribution in [3.8, 4) is 0 Å². The number of oxime groups is 1. The number of piperidine rings is 1. The molecule has 0 radical (unpaired) electrons. The third-order valence-corrected chi connectivity index (χ3v) is 3.39. The van der Waals surface area contributed by atoms with Crippen LogP contribution in [0.15, 0.2) is 29.4 Å². The number of hydrogen-bond acceptors (Lipinski definition) is 4. The highest BCUT2D eigenvalue weighted by molar-refractivity contribution is 5.84. The fraction of sp³-hybridized carbons (Fsp3) is 0.385. The Morgan fingerprint density at radius 1 is 1.28 bits per heavy atom. The van der Waals surface area contributed by atoms with Gasteiger partial charge in [0.05, 0.1) is 23.3 Å². The second kappa shape index (κ2) is 4.78. The zero-order valence-electron chi connectivity index (χ0n) is 10.1. The van der Waals surface area contributed by atoms with Crippen LogP contribution in [0.25, 0.3) is 11.0 Å². The summed E-state index contributed by atoms with van der Waals surface area (Å²) in [4.78, 5) is 10.2. The number of imidazole rings is 1. The molecule has 2 heterocycles. The van der Waals surface area contributed by atoms with Gasteiger partial charge in [-0.1, -0.05) is 17.3 Å². The van der Waals surface area contributed by atoms with E-state index in [1.54, 1.807) is 0 Å². The van der Waals surface area contributed by atoms with E-state index in [0.717, 1.165) is 55.0 Å². The van der Waals surface area contributed by atoms with E-state index in [2.05, 4.69) is 20.0 Å². The molecule has 1 aromatic carbocycles. The lowest BCUT2D eigenvalue weighted by molar-refractivity contribution is 0.251. The second-order valence-corrected chi connectivity index (χ2v) is 4.64. The summed E-state index contributed by atoms with van der Waals surface area (Å²) in [5, 5.41) is 12.0. The van der Waals surface area contributed by atoms with Crippen molar-refractivity contribution in [1.29, 1.82) is 0 Å². The monoisotopic (exact) mass is 244 g/mol. The van der Waals surface area contributed by atoms with Crippen molar-refractivity contribution in [2.24, 2.45) is 5.16 Å². The molecule has 1 fully saturated rings. The summed E-state index contributed by atoms with van der Waals surface area (Å²) in [5.41, 5.74) is 3.00. The molecule has 0 saturated carbocycles. The highest BCUT2D eigenvalue weighted by Crippen LogP contribution is 2.14. The quantitative estimate of drug-likeness (QED) is 0.627.